The Labute approximate surface area is 97.9 Å². The Hall–Kier alpha value is -0.610. The molecule has 3 N–H and O–H groups in total. The van der Waals surface area contributed by atoms with Crippen molar-refractivity contribution < 1.29 is 9.53 Å². The molecular formula is C12H24N2O2. The van der Waals surface area contributed by atoms with Crippen LogP contribution in [0, 0.1) is 11.3 Å². The molecule has 1 atom stereocenters. The highest BCUT2D eigenvalue weighted by molar-refractivity contribution is 5.81. The third-order valence-corrected chi connectivity index (χ3v) is 3.41. The van der Waals surface area contributed by atoms with Crippen LogP contribution in [0.2, 0.25) is 0 Å². The van der Waals surface area contributed by atoms with Crippen LogP contribution in [0.1, 0.15) is 33.6 Å². The van der Waals surface area contributed by atoms with Gasteiger partial charge in [-0.2, -0.15) is 0 Å². The van der Waals surface area contributed by atoms with E-state index in [1.807, 2.05) is 13.8 Å². The number of hydrogen-bond acceptors (Lipinski definition) is 3. The van der Waals surface area contributed by atoms with Crippen molar-refractivity contribution in [2.24, 2.45) is 17.1 Å². The van der Waals surface area contributed by atoms with Gasteiger partial charge in [0.2, 0.25) is 5.91 Å². The van der Waals surface area contributed by atoms with E-state index in [-0.39, 0.29) is 17.2 Å². The number of ether oxygens (including phenoxy) is 1. The van der Waals surface area contributed by atoms with Gasteiger partial charge in [-0.1, -0.05) is 20.8 Å². The summed E-state index contributed by atoms with van der Waals surface area (Å²) in [6, 6.07) is -0.400. The summed E-state index contributed by atoms with van der Waals surface area (Å²) in [4.78, 5) is 11.7. The average Bonchev–Trinajstić information content (AvgIpc) is 2.26. The minimum absolute atomic E-state index is 0.0392. The lowest BCUT2D eigenvalue weighted by Gasteiger charge is -2.34. The topological polar surface area (TPSA) is 64.4 Å². The van der Waals surface area contributed by atoms with Crippen LogP contribution in [0.25, 0.3) is 0 Å². The van der Waals surface area contributed by atoms with Crippen LogP contribution in [-0.2, 0) is 9.53 Å². The fourth-order valence-electron chi connectivity index (χ4n) is 1.76. The zero-order chi connectivity index (χ0) is 12.2. The molecule has 0 aromatic carbocycles. The van der Waals surface area contributed by atoms with Crippen molar-refractivity contribution in [3.8, 4) is 0 Å². The Morgan fingerprint density at radius 1 is 1.44 bits per heavy atom. The molecule has 1 aliphatic heterocycles. The van der Waals surface area contributed by atoms with Gasteiger partial charge in [-0.15, -0.1) is 0 Å². The standard InChI is InChI=1S/C12H24N2O2/c1-9(2)10(13)11(15)14-8-12(3)4-6-16-7-5-12/h9-10H,4-8,13H2,1-3H3,(H,14,15)/t10-/m1/s1. The van der Waals surface area contributed by atoms with Crippen LogP contribution in [-0.4, -0.2) is 31.7 Å². The van der Waals surface area contributed by atoms with Gasteiger partial charge in [-0.25, -0.2) is 0 Å². The van der Waals surface area contributed by atoms with Gasteiger partial charge in [-0.3, -0.25) is 4.79 Å². The molecule has 0 aliphatic carbocycles. The van der Waals surface area contributed by atoms with E-state index in [2.05, 4.69) is 12.2 Å². The first kappa shape index (κ1) is 13.5. The Morgan fingerprint density at radius 3 is 2.50 bits per heavy atom. The number of carbonyl (C=O) groups excluding carboxylic acids is 1. The summed E-state index contributed by atoms with van der Waals surface area (Å²) in [5.74, 6) is 0.144. The SMILES string of the molecule is CC(C)[C@@H](N)C(=O)NCC1(C)CCOCC1. The predicted molar refractivity (Wildman–Crippen MR) is 64.0 cm³/mol. The lowest BCUT2D eigenvalue weighted by atomic mass is 9.82. The number of nitrogens with one attached hydrogen (secondary N) is 1. The van der Waals surface area contributed by atoms with Gasteiger partial charge in [0.15, 0.2) is 0 Å². The van der Waals surface area contributed by atoms with Gasteiger partial charge in [0.05, 0.1) is 6.04 Å². The average molecular weight is 228 g/mol. The molecule has 1 heterocycles. The molecule has 1 rings (SSSR count). The van der Waals surface area contributed by atoms with Crippen LogP contribution >= 0.6 is 0 Å². The van der Waals surface area contributed by atoms with Crippen molar-refractivity contribution in [1.29, 1.82) is 0 Å². The first-order chi connectivity index (χ1) is 7.44. The first-order valence-corrected chi connectivity index (χ1v) is 6.06. The molecule has 1 saturated heterocycles. The minimum Gasteiger partial charge on any atom is -0.381 e. The van der Waals surface area contributed by atoms with E-state index in [4.69, 9.17) is 10.5 Å². The van der Waals surface area contributed by atoms with Crippen molar-refractivity contribution >= 4 is 5.91 Å². The summed E-state index contributed by atoms with van der Waals surface area (Å²) >= 11 is 0. The van der Waals surface area contributed by atoms with Gasteiger partial charge in [0.25, 0.3) is 0 Å². The van der Waals surface area contributed by atoms with E-state index < -0.39 is 6.04 Å². The summed E-state index contributed by atoms with van der Waals surface area (Å²) in [6.45, 7) is 8.40. The minimum atomic E-state index is -0.400. The highest BCUT2D eigenvalue weighted by atomic mass is 16.5. The second-order valence-electron chi connectivity index (χ2n) is 5.41. The highest BCUT2D eigenvalue weighted by Gasteiger charge is 2.28. The molecule has 0 aromatic heterocycles. The molecule has 1 aliphatic rings. The predicted octanol–water partition coefficient (Wildman–Crippen LogP) is 0.903. The van der Waals surface area contributed by atoms with Gasteiger partial charge >= 0.3 is 0 Å². The smallest absolute Gasteiger partial charge is 0.237 e. The van der Waals surface area contributed by atoms with Crippen LogP contribution in [0.15, 0.2) is 0 Å². The molecule has 16 heavy (non-hydrogen) atoms. The summed E-state index contributed by atoms with van der Waals surface area (Å²) in [7, 11) is 0. The molecular weight excluding hydrogens is 204 g/mol. The van der Waals surface area contributed by atoms with Crippen LogP contribution in [0.4, 0.5) is 0 Å². The van der Waals surface area contributed by atoms with Gasteiger partial charge in [0.1, 0.15) is 0 Å². The molecule has 0 spiro atoms. The summed E-state index contributed by atoms with van der Waals surface area (Å²) in [5, 5.41) is 2.95. The largest absolute Gasteiger partial charge is 0.381 e. The first-order valence-electron chi connectivity index (χ1n) is 6.06. The Balaban J connectivity index is 2.35. The number of carbonyl (C=O) groups is 1. The maximum Gasteiger partial charge on any atom is 0.237 e. The van der Waals surface area contributed by atoms with Crippen molar-refractivity contribution in [2.75, 3.05) is 19.8 Å². The Kier molecular flexibility index (Phi) is 4.74. The van der Waals surface area contributed by atoms with Crippen LogP contribution in [0.5, 0.6) is 0 Å². The van der Waals surface area contributed by atoms with E-state index >= 15 is 0 Å². The lowest BCUT2D eigenvalue weighted by Crippen LogP contribution is -2.48. The quantitative estimate of drug-likeness (QED) is 0.751. The molecule has 4 heteroatoms. The van der Waals surface area contributed by atoms with Crippen molar-refractivity contribution in [3.63, 3.8) is 0 Å². The van der Waals surface area contributed by atoms with Crippen LogP contribution < -0.4 is 11.1 Å². The summed E-state index contributed by atoms with van der Waals surface area (Å²) < 4.78 is 5.32. The fraction of sp³-hybridized carbons (Fsp3) is 0.917. The van der Waals surface area contributed by atoms with E-state index in [1.165, 1.54) is 0 Å². The number of nitrogens with two attached hydrogens (primary N) is 1. The molecule has 0 bridgehead atoms. The molecule has 0 unspecified atom stereocenters. The normalized spacial score (nSPS) is 21.8. The second-order valence-corrected chi connectivity index (χ2v) is 5.41. The molecule has 0 radical (unpaired) electrons. The van der Waals surface area contributed by atoms with Gasteiger partial charge in [0, 0.05) is 19.8 Å². The van der Waals surface area contributed by atoms with Crippen molar-refractivity contribution in [3.05, 3.63) is 0 Å². The maximum atomic E-state index is 11.7. The van der Waals surface area contributed by atoms with E-state index in [0.29, 0.717) is 6.54 Å². The Morgan fingerprint density at radius 2 is 2.00 bits per heavy atom. The molecule has 1 fully saturated rings. The summed E-state index contributed by atoms with van der Waals surface area (Å²) in [5.41, 5.74) is 5.95. The fourth-order valence-corrected chi connectivity index (χ4v) is 1.76. The number of amides is 1. The van der Waals surface area contributed by atoms with Crippen molar-refractivity contribution in [1.82, 2.24) is 5.32 Å². The highest BCUT2D eigenvalue weighted by Crippen LogP contribution is 2.28. The zero-order valence-corrected chi connectivity index (χ0v) is 10.6. The Bertz CT molecular complexity index is 235. The molecule has 0 aromatic rings. The van der Waals surface area contributed by atoms with E-state index in [0.717, 1.165) is 26.1 Å². The third kappa shape index (κ3) is 3.76. The number of hydrogen-bond donors (Lipinski definition) is 2. The molecule has 4 nitrogen and oxygen atoms in total. The second kappa shape index (κ2) is 5.64. The van der Waals surface area contributed by atoms with E-state index in [9.17, 15) is 4.79 Å². The molecule has 94 valence electrons. The summed E-state index contributed by atoms with van der Waals surface area (Å²) in [6.07, 6.45) is 2.01. The molecule has 1 amide bonds. The van der Waals surface area contributed by atoms with E-state index in [1.54, 1.807) is 0 Å². The lowest BCUT2D eigenvalue weighted by molar-refractivity contribution is -0.124. The van der Waals surface area contributed by atoms with Gasteiger partial charge < -0.3 is 15.8 Å². The van der Waals surface area contributed by atoms with Gasteiger partial charge in [-0.05, 0) is 24.2 Å². The number of rotatable bonds is 4. The third-order valence-electron chi connectivity index (χ3n) is 3.41. The monoisotopic (exact) mass is 228 g/mol. The van der Waals surface area contributed by atoms with Crippen molar-refractivity contribution in [2.45, 2.75) is 39.7 Å². The molecule has 0 saturated carbocycles. The zero-order valence-electron chi connectivity index (χ0n) is 10.6. The van der Waals surface area contributed by atoms with Crippen LogP contribution in [0.3, 0.4) is 0 Å². The maximum absolute atomic E-state index is 11.7.